The maximum atomic E-state index is 13.7. The van der Waals surface area contributed by atoms with Crippen molar-refractivity contribution in [3.8, 4) is 5.69 Å². The summed E-state index contributed by atoms with van der Waals surface area (Å²) < 4.78 is 2.33. The number of aryl methyl sites for hydroxylation is 3. The first-order chi connectivity index (χ1) is 17.0. The van der Waals surface area contributed by atoms with Gasteiger partial charge in [-0.25, -0.2) is 4.98 Å². The first-order valence-corrected chi connectivity index (χ1v) is 14.0. The molecule has 36 heavy (non-hydrogen) atoms. The van der Waals surface area contributed by atoms with Gasteiger partial charge in [0.05, 0.1) is 27.4 Å². The van der Waals surface area contributed by atoms with Gasteiger partial charge in [0.2, 0.25) is 5.91 Å². The van der Waals surface area contributed by atoms with E-state index in [9.17, 15) is 19.7 Å². The molecule has 0 aliphatic carbocycles. The number of nitrogens with one attached hydrogen (secondary N) is 1. The highest BCUT2D eigenvalue weighted by Crippen LogP contribution is 2.36. The first-order valence-electron chi connectivity index (χ1n) is 10.6. The second kappa shape index (κ2) is 10.4. The number of nitrogens with zero attached hydrogens (tertiary/aromatic N) is 3. The monoisotopic (exact) mass is 650 g/mol. The van der Waals surface area contributed by atoms with Crippen molar-refractivity contribution in [2.24, 2.45) is 0 Å². The van der Waals surface area contributed by atoms with Crippen LogP contribution in [-0.4, -0.2) is 26.1 Å². The minimum absolute atomic E-state index is 0.0258. The molecule has 0 aliphatic rings. The molecule has 0 saturated carbocycles. The lowest BCUT2D eigenvalue weighted by atomic mass is 10.1. The predicted molar refractivity (Wildman–Crippen MR) is 152 cm³/mol. The highest BCUT2D eigenvalue weighted by molar-refractivity contribution is 9.11. The third kappa shape index (κ3) is 4.99. The number of nitro groups is 1. The van der Waals surface area contributed by atoms with E-state index >= 15 is 0 Å². The number of aromatic nitrogens is 2. The Labute approximate surface area is 231 Å². The standard InChI is InChI=1S/C24H20Br2N4O4S2/c1-11-6-5-7-18(12(11)2)29-23(32)20-13(3)14(4)36-22(20)28-24(29)35-10-19(31)27-21-16(25)8-15(30(33)34)9-17(21)26/h5-9H,10H2,1-4H3,(H,27,31). The molecule has 0 aliphatic heterocycles. The van der Waals surface area contributed by atoms with Gasteiger partial charge in [-0.2, -0.15) is 0 Å². The maximum Gasteiger partial charge on any atom is 0.271 e. The van der Waals surface area contributed by atoms with E-state index in [4.69, 9.17) is 4.98 Å². The number of carbonyl (C=O) groups excluding carboxylic acids is 1. The lowest BCUT2D eigenvalue weighted by Gasteiger charge is -2.16. The molecule has 0 atom stereocenters. The molecule has 0 bridgehead atoms. The molecule has 2 aromatic carbocycles. The molecule has 1 amide bonds. The number of anilines is 1. The normalized spacial score (nSPS) is 11.2. The number of non-ortho nitro benzene ring substituents is 1. The van der Waals surface area contributed by atoms with Crippen molar-refractivity contribution in [3.63, 3.8) is 0 Å². The summed E-state index contributed by atoms with van der Waals surface area (Å²) in [4.78, 5) is 43.6. The van der Waals surface area contributed by atoms with Crippen LogP contribution in [0.2, 0.25) is 0 Å². The number of halogens is 2. The van der Waals surface area contributed by atoms with Gasteiger partial charge < -0.3 is 5.32 Å². The highest BCUT2D eigenvalue weighted by Gasteiger charge is 2.21. The van der Waals surface area contributed by atoms with Crippen molar-refractivity contribution in [1.82, 2.24) is 9.55 Å². The number of hydrogen-bond donors (Lipinski definition) is 1. The fourth-order valence-corrected chi connectivity index (χ4v) is 6.89. The summed E-state index contributed by atoms with van der Waals surface area (Å²) in [6.07, 6.45) is 0. The number of thioether (sulfide) groups is 1. The van der Waals surface area contributed by atoms with Crippen LogP contribution in [0.25, 0.3) is 15.9 Å². The van der Waals surface area contributed by atoms with Crippen molar-refractivity contribution in [1.29, 1.82) is 0 Å². The van der Waals surface area contributed by atoms with E-state index in [1.807, 2.05) is 45.9 Å². The van der Waals surface area contributed by atoms with Gasteiger partial charge in [0.15, 0.2) is 5.16 Å². The Morgan fingerprint density at radius 1 is 1.17 bits per heavy atom. The fourth-order valence-electron chi connectivity index (χ4n) is 3.65. The largest absolute Gasteiger partial charge is 0.323 e. The van der Waals surface area contributed by atoms with Crippen LogP contribution in [0.15, 0.2) is 49.2 Å². The number of carbonyl (C=O) groups is 1. The topological polar surface area (TPSA) is 107 Å². The summed E-state index contributed by atoms with van der Waals surface area (Å²) >= 11 is 9.17. The van der Waals surface area contributed by atoms with Crippen molar-refractivity contribution in [2.75, 3.05) is 11.1 Å². The second-order valence-corrected chi connectivity index (χ2v) is 12.0. The Morgan fingerprint density at radius 2 is 1.83 bits per heavy atom. The Hall–Kier alpha value is -2.54. The Kier molecular flexibility index (Phi) is 7.69. The minimum Gasteiger partial charge on any atom is -0.323 e. The smallest absolute Gasteiger partial charge is 0.271 e. The van der Waals surface area contributed by atoms with Crippen LogP contribution in [-0.2, 0) is 4.79 Å². The molecule has 8 nitrogen and oxygen atoms in total. The predicted octanol–water partition coefficient (Wildman–Crippen LogP) is 6.84. The summed E-state index contributed by atoms with van der Waals surface area (Å²) in [6, 6.07) is 8.40. The average Bonchev–Trinajstić information content (AvgIpc) is 3.10. The minimum atomic E-state index is -0.515. The molecule has 0 fully saturated rings. The van der Waals surface area contributed by atoms with Crippen LogP contribution < -0.4 is 10.9 Å². The maximum absolute atomic E-state index is 13.7. The van der Waals surface area contributed by atoms with Gasteiger partial charge in [-0.15, -0.1) is 11.3 Å². The van der Waals surface area contributed by atoms with Crippen LogP contribution in [0, 0.1) is 37.8 Å². The van der Waals surface area contributed by atoms with E-state index < -0.39 is 4.92 Å². The van der Waals surface area contributed by atoms with Crippen molar-refractivity contribution >= 4 is 82.5 Å². The van der Waals surface area contributed by atoms with Crippen LogP contribution in [0.4, 0.5) is 11.4 Å². The van der Waals surface area contributed by atoms with Crippen molar-refractivity contribution in [2.45, 2.75) is 32.9 Å². The Bertz CT molecular complexity index is 1590. The molecule has 0 saturated heterocycles. The zero-order valence-corrected chi connectivity index (χ0v) is 24.4. The molecule has 4 rings (SSSR count). The van der Waals surface area contributed by atoms with Gasteiger partial charge in [-0.05, 0) is 82.3 Å². The number of thiophene rings is 1. The molecule has 4 aromatic rings. The molecular weight excluding hydrogens is 632 g/mol. The van der Waals surface area contributed by atoms with Crippen molar-refractivity contribution < 1.29 is 9.72 Å². The zero-order valence-electron chi connectivity index (χ0n) is 19.6. The van der Waals surface area contributed by atoms with Gasteiger partial charge in [-0.1, -0.05) is 23.9 Å². The lowest BCUT2D eigenvalue weighted by molar-refractivity contribution is -0.385. The molecule has 186 valence electrons. The number of hydrogen-bond acceptors (Lipinski definition) is 7. The molecule has 2 aromatic heterocycles. The molecule has 0 unspecified atom stereocenters. The van der Waals surface area contributed by atoms with Crippen LogP contribution in [0.1, 0.15) is 21.6 Å². The summed E-state index contributed by atoms with van der Waals surface area (Å²) in [5.74, 6) is -0.377. The Morgan fingerprint density at radius 3 is 2.47 bits per heavy atom. The van der Waals surface area contributed by atoms with E-state index in [0.29, 0.717) is 30.0 Å². The van der Waals surface area contributed by atoms with Crippen molar-refractivity contribution in [3.05, 3.63) is 81.3 Å². The first kappa shape index (κ1) is 26.5. The van der Waals surface area contributed by atoms with Crippen LogP contribution in [0.3, 0.4) is 0 Å². The van der Waals surface area contributed by atoms with E-state index in [2.05, 4.69) is 37.2 Å². The van der Waals surface area contributed by atoms with Gasteiger partial charge in [-0.3, -0.25) is 24.3 Å². The average molecular weight is 652 g/mol. The quantitative estimate of drug-likeness (QED) is 0.106. The summed E-state index contributed by atoms with van der Waals surface area (Å²) in [5, 5.41) is 14.9. The van der Waals surface area contributed by atoms with Gasteiger partial charge in [0, 0.05) is 26.0 Å². The fraction of sp³-hybridized carbons (Fsp3) is 0.208. The highest BCUT2D eigenvalue weighted by atomic mass is 79.9. The third-order valence-electron chi connectivity index (χ3n) is 5.82. The Balaban J connectivity index is 1.71. The summed E-state index contributed by atoms with van der Waals surface area (Å²) in [6.45, 7) is 7.82. The van der Waals surface area contributed by atoms with E-state index in [-0.39, 0.29) is 22.9 Å². The van der Waals surface area contributed by atoms with Crippen LogP contribution in [0.5, 0.6) is 0 Å². The number of nitro benzene ring substituents is 1. The molecule has 0 radical (unpaired) electrons. The van der Waals surface area contributed by atoms with Gasteiger partial charge in [0.1, 0.15) is 4.83 Å². The second-order valence-electron chi connectivity index (χ2n) is 8.10. The SMILES string of the molecule is Cc1cccc(-n2c(SCC(=O)Nc3c(Br)cc([N+](=O)[O-])cc3Br)nc3sc(C)c(C)c3c2=O)c1C. The van der Waals surface area contributed by atoms with E-state index in [0.717, 1.165) is 39.0 Å². The molecule has 12 heteroatoms. The van der Waals surface area contributed by atoms with Gasteiger partial charge in [0.25, 0.3) is 11.2 Å². The number of rotatable bonds is 6. The summed E-state index contributed by atoms with van der Waals surface area (Å²) in [5.41, 5.74) is 3.73. The number of amides is 1. The van der Waals surface area contributed by atoms with Crippen LogP contribution >= 0.6 is 55.0 Å². The third-order valence-corrected chi connectivity index (χ3v) is 9.11. The van der Waals surface area contributed by atoms with Gasteiger partial charge >= 0.3 is 0 Å². The zero-order chi connectivity index (χ0) is 26.3. The molecular formula is C24H20Br2N4O4S2. The van der Waals surface area contributed by atoms with E-state index in [1.54, 1.807) is 4.57 Å². The lowest BCUT2D eigenvalue weighted by Crippen LogP contribution is -2.23. The number of fused-ring (bicyclic) bond motifs is 1. The molecule has 1 N–H and O–H groups in total. The molecule has 0 spiro atoms. The number of benzene rings is 2. The summed E-state index contributed by atoms with van der Waals surface area (Å²) in [7, 11) is 0. The molecule has 2 heterocycles. The van der Waals surface area contributed by atoms with E-state index in [1.165, 1.54) is 23.5 Å².